The van der Waals surface area contributed by atoms with Crippen molar-refractivity contribution in [3.8, 4) is 0 Å². The van der Waals surface area contributed by atoms with Crippen molar-refractivity contribution >= 4 is 5.57 Å². The fraction of sp³-hybridized carbons (Fsp3) is 0.467. The molecular formula is C15H20O2. The Morgan fingerprint density at radius 1 is 1.29 bits per heavy atom. The van der Waals surface area contributed by atoms with E-state index in [4.69, 9.17) is 0 Å². The molecule has 1 aliphatic carbocycles. The third kappa shape index (κ3) is 2.76. The minimum atomic E-state index is -0.981. The SMILES string of the molecule is C=C(C[C@@]1(O)CCCC[C@@H]1O)c1ccccc1. The topological polar surface area (TPSA) is 40.5 Å². The zero-order valence-corrected chi connectivity index (χ0v) is 10.1. The van der Waals surface area contributed by atoms with E-state index in [1.807, 2.05) is 30.3 Å². The van der Waals surface area contributed by atoms with Gasteiger partial charge in [0.15, 0.2) is 0 Å². The van der Waals surface area contributed by atoms with Crippen LogP contribution in [0.25, 0.3) is 5.57 Å². The second kappa shape index (κ2) is 5.03. The first kappa shape index (κ1) is 12.3. The highest BCUT2D eigenvalue weighted by atomic mass is 16.3. The van der Waals surface area contributed by atoms with Crippen molar-refractivity contribution in [2.45, 2.75) is 43.8 Å². The minimum absolute atomic E-state index is 0.457. The quantitative estimate of drug-likeness (QED) is 0.841. The molecule has 2 rings (SSSR count). The van der Waals surface area contributed by atoms with Crippen molar-refractivity contribution in [1.82, 2.24) is 0 Å². The smallest absolute Gasteiger partial charge is 0.0945 e. The van der Waals surface area contributed by atoms with Crippen molar-refractivity contribution in [2.24, 2.45) is 0 Å². The third-order valence-corrected chi connectivity index (χ3v) is 3.66. The van der Waals surface area contributed by atoms with Crippen LogP contribution in [0.1, 0.15) is 37.7 Å². The van der Waals surface area contributed by atoms with Crippen LogP contribution in [-0.4, -0.2) is 21.9 Å². The molecular weight excluding hydrogens is 212 g/mol. The fourth-order valence-corrected chi connectivity index (χ4v) is 2.56. The fourth-order valence-electron chi connectivity index (χ4n) is 2.56. The van der Waals surface area contributed by atoms with Crippen LogP contribution in [-0.2, 0) is 0 Å². The Bertz CT molecular complexity index is 385. The number of benzene rings is 1. The van der Waals surface area contributed by atoms with Crippen LogP contribution >= 0.6 is 0 Å². The molecule has 1 saturated carbocycles. The van der Waals surface area contributed by atoms with Gasteiger partial charge in [0.25, 0.3) is 0 Å². The molecule has 0 spiro atoms. The van der Waals surface area contributed by atoms with Gasteiger partial charge in [0.1, 0.15) is 0 Å². The average molecular weight is 232 g/mol. The van der Waals surface area contributed by atoms with Crippen molar-refractivity contribution in [1.29, 1.82) is 0 Å². The second-order valence-electron chi connectivity index (χ2n) is 5.01. The lowest BCUT2D eigenvalue weighted by molar-refractivity contribution is -0.0957. The molecule has 1 aliphatic rings. The number of aliphatic hydroxyl groups is 2. The Labute approximate surface area is 103 Å². The molecule has 0 heterocycles. The Hall–Kier alpha value is -1.12. The van der Waals surface area contributed by atoms with E-state index < -0.39 is 11.7 Å². The van der Waals surface area contributed by atoms with Gasteiger partial charge in [0.2, 0.25) is 0 Å². The molecule has 0 saturated heterocycles. The van der Waals surface area contributed by atoms with Crippen LogP contribution in [0.5, 0.6) is 0 Å². The van der Waals surface area contributed by atoms with Crippen molar-refractivity contribution in [3.05, 3.63) is 42.5 Å². The van der Waals surface area contributed by atoms with E-state index in [0.717, 1.165) is 24.0 Å². The first-order chi connectivity index (χ1) is 8.12. The maximum atomic E-state index is 10.5. The molecule has 2 N–H and O–H groups in total. The van der Waals surface area contributed by atoms with Gasteiger partial charge >= 0.3 is 0 Å². The van der Waals surface area contributed by atoms with Crippen LogP contribution in [0, 0.1) is 0 Å². The van der Waals surface area contributed by atoms with Gasteiger partial charge in [-0.15, -0.1) is 0 Å². The van der Waals surface area contributed by atoms with Crippen molar-refractivity contribution in [3.63, 3.8) is 0 Å². The Morgan fingerprint density at radius 3 is 2.65 bits per heavy atom. The summed E-state index contributed by atoms with van der Waals surface area (Å²) in [5.74, 6) is 0. The highest BCUT2D eigenvalue weighted by Crippen LogP contribution is 2.35. The standard InChI is InChI=1S/C15H20O2/c1-12(13-7-3-2-4-8-13)11-15(17)10-6-5-9-14(15)16/h2-4,7-8,14,16-17H,1,5-6,9-11H2/t14-,15-/m0/s1. The molecule has 2 nitrogen and oxygen atoms in total. The monoisotopic (exact) mass is 232 g/mol. The predicted octanol–water partition coefficient (Wildman–Crippen LogP) is 2.76. The largest absolute Gasteiger partial charge is 0.390 e. The summed E-state index contributed by atoms with van der Waals surface area (Å²) in [4.78, 5) is 0. The van der Waals surface area contributed by atoms with Crippen LogP contribution in [0.2, 0.25) is 0 Å². The van der Waals surface area contributed by atoms with Gasteiger partial charge in [0.05, 0.1) is 11.7 Å². The molecule has 0 aromatic heterocycles. The summed E-state index contributed by atoms with van der Waals surface area (Å²) in [6.07, 6.45) is 3.19. The lowest BCUT2D eigenvalue weighted by Gasteiger charge is -2.37. The molecule has 0 amide bonds. The molecule has 0 aliphatic heterocycles. The zero-order chi connectivity index (χ0) is 12.3. The van der Waals surface area contributed by atoms with Crippen molar-refractivity contribution in [2.75, 3.05) is 0 Å². The average Bonchev–Trinajstić information content (AvgIpc) is 2.34. The molecule has 92 valence electrons. The maximum absolute atomic E-state index is 10.5. The summed E-state index contributed by atoms with van der Waals surface area (Å²) < 4.78 is 0. The summed E-state index contributed by atoms with van der Waals surface area (Å²) in [7, 11) is 0. The van der Waals surface area contributed by atoms with Gasteiger partial charge in [-0.1, -0.05) is 49.8 Å². The second-order valence-corrected chi connectivity index (χ2v) is 5.01. The van der Waals surface area contributed by atoms with Gasteiger partial charge < -0.3 is 10.2 Å². The number of hydrogen-bond donors (Lipinski definition) is 2. The number of hydrogen-bond acceptors (Lipinski definition) is 2. The normalized spacial score (nSPS) is 28.9. The van der Waals surface area contributed by atoms with Gasteiger partial charge in [-0.3, -0.25) is 0 Å². The molecule has 0 bridgehead atoms. The molecule has 1 aromatic rings. The summed E-state index contributed by atoms with van der Waals surface area (Å²) in [5, 5.41) is 20.4. The highest BCUT2D eigenvalue weighted by molar-refractivity contribution is 5.64. The first-order valence-corrected chi connectivity index (χ1v) is 6.25. The maximum Gasteiger partial charge on any atom is 0.0945 e. The Balaban J connectivity index is 2.07. The summed E-state index contributed by atoms with van der Waals surface area (Å²) >= 11 is 0. The minimum Gasteiger partial charge on any atom is -0.390 e. The molecule has 0 unspecified atom stereocenters. The van der Waals surface area contributed by atoms with E-state index in [-0.39, 0.29) is 0 Å². The van der Waals surface area contributed by atoms with Gasteiger partial charge in [-0.2, -0.15) is 0 Å². The molecule has 1 aromatic carbocycles. The third-order valence-electron chi connectivity index (χ3n) is 3.66. The molecule has 2 atom stereocenters. The Kier molecular flexibility index (Phi) is 3.65. The number of aliphatic hydroxyl groups excluding tert-OH is 1. The van der Waals surface area contributed by atoms with Crippen LogP contribution in [0.4, 0.5) is 0 Å². The number of rotatable bonds is 3. The van der Waals surface area contributed by atoms with E-state index >= 15 is 0 Å². The summed E-state index contributed by atoms with van der Waals surface area (Å²) in [6, 6.07) is 9.85. The van der Waals surface area contributed by atoms with Crippen molar-refractivity contribution < 1.29 is 10.2 Å². The lowest BCUT2D eigenvalue weighted by Crippen LogP contribution is -2.44. The molecule has 0 radical (unpaired) electrons. The van der Waals surface area contributed by atoms with E-state index in [2.05, 4.69) is 6.58 Å². The van der Waals surface area contributed by atoms with Gasteiger partial charge in [-0.25, -0.2) is 0 Å². The summed E-state index contributed by atoms with van der Waals surface area (Å²) in [6.45, 7) is 4.03. The van der Waals surface area contributed by atoms with E-state index in [1.54, 1.807) is 0 Å². The zero-order valence-electron chi connectivity index (χ0n) is 10.1. The molecule has 1 fully saturated rings. The van der Waals surface area contributed by atoms with E-state index in [9.17, 15) is 10.2 Å². The first-order valence-electron chi connectivity index (χ1n) is 6.25. The lowest BCUT2D eigenvalue weighted by atomic mass is 9.77. The van der Waals surface area contributed by atoms with E-state index in [0.29, 0.717) is 19.3 Å². The Morgan fingerprint density at radius 2 is 2.00 bits per heavy atom. The van der Waals surface area contributed by atoms with Crippen LogP contribution in [0.3, 0.4) is 0 Å². The van der Waals surface area contributed by atoms with Gasteiger partial charge in [-0.05, 0) is 24.0 Å². The van der Waals surface area contributed by atoms with Gasteiger partial charge in [0, 0.05) is 6.42 Å². The molecule has 2 heteroatoms. The summed E-state index contributed by atoms with van der Waals surface area (Å²) in [5.41, 5.74) is 0.957. The molecule has 17 heavy (non-hydrogen) atoms. The van der Waals surface area contributed by atoms with Crippen LogP contribution in [0.15, 0.2) is 36.9 Å². The van der Waals surface area contributed by atoms with E-state index in [1.165, 1.54) is 0 Å². The highest BCUT2D eigenvalue weighted by Gasteiger charge is 2.38. The predicted molar refractivity (Wildman–Crippen MR) is 69.5 cm³/mol. The van der Waals surface area contributed by atoms with Crippen LogP contribution < -0.4 is 0 Å².